The van der Waals surface area contributed by atoms with Gasteiger partial charge < -0.3 is 15.7 Å². The van der Waals surface area contributed by atoms with Crippen molar-refractivity contribution in [1.82, 2.24) is 19.4 Å². The first-order chi connectivity index (χ1) is 16.4. The van der Waals surface area contributed by atoms with E-state index < -0.39 is 0 Å². The first-order valence-corrected chi connectivity index (χ1v) is 11.8. The number of nitriles is 1. The molecule has 4 rings (SSSR count). The lowest BCUT2D eigenvalue weighted by molar-refractivity contribution is -0.113. The molecular weight excluding hydrogens is 470 g/mol. The molecule has 2 aromatic carbocycles. The largest absolute Gasteiger partial charge is 0.335 e. The number of nitrogens with one attached hydrogen (secondary N) is 1. The lowest BCUT2D eigenvalue weighted by atomic mass is 10.2. The van der Waals surface area contributed by atoms with Crippen molar-refractivity contribution >= 4 is 35.1 Å². The maximum Gasteiger partial charge on any atom is 0.235 e. The minimum Gasteiger partial charge on any atom is -0.335 e. The molecule has 0 bridgehead atoms. The normalized spacial score (nSPS) is 10.8. The van der Waals surface area contributed by atoms with Crippen molar-refractivity contribution in [2.24, 2.45) is 0 Å². The smallest absolute Gasteiger partial charge is 0.235 e. The highest BCUT2D eigenvalue weighted by atomic mass is 35.5. The summed E-state index contributed by atoms with van der Waals surface area (Å²) in [7, 11) is 0. The highest BCUT2D eigenvalue weighted by Crippen LogP contribution is 2.28. The molecule has 2 heterocycles. The van der Waals surface area contributed by atoms with Gasteiger partial charge in [-0.25, -0.2) is 4.68 Å². The highest BCUT2D eigenvalue weighted by Gasteiger charge is 2.21. The van der Waals surface area contributed by atoms with Crippen LogP contribution in [0.1, 0.15) is 22.4 Å². The molecule has 172 valence electrons. The Labute approximate surface area is 206 Å². The summed E-state index contributed by atoms with van der Waals surface area (Å²) in [4.78, 5) is 12.8. The van der Waals surface area contributed by atoms with Crippen LogP contribution in [0.5, 0.6) is 0 Å². The van der Waals surface area contributed by atoms with Crippen LogP contribution < -0.4 is 11.2 Å². The van der Waals surface area contributed by atoms with Crippen molar-refractivity contribution in [3.8, 4) is 17.5 Å². The fraction of sp³-hybridized carbons (Fsp3) is 0.167. The lowest BCUT2D eigenvalue weighted by Crippen LogP contribution is -2.19. The van der Waals surface area contributed by atoms with Crippen molar-refractivity contribution < 1.29 is 4.79 Å². The third-order valence-electron chi connectivity index (χ3n) is 5.48. The molecule has 34 heavy (non-hydrogen) atoms. The first kappa shape index (κ1) is 23.4. The fourth-order valence-corrected chi connectivity index (χ4v) is 4.35. The fourth-order valence-electron chi connectivity index (χ4n) is 3.56. The van der Waals surface area contributed by atoms with Crippen molar-refractivity contribution in [1.29, 1.82) is 5.26 Å². The second-order valence-corrected chi connectivity index (χ2v) is 9.02. The number of anilines is 1. The standard InChI is InChI=1S/C24H22ClN7OS/c1-15-16(2)31(13-17-6-4-3-5-7-17)23(20(15)12-26)28-21(33)14-34-24-30-29-22(32(24)27)18-8-10-19(25)11-9-18/h3-11H,13-14,27H2,1-2H3,(H,28,33). The summed E-state index contributed by atoms with van der Waals surface area (Å²) >= 11 is 7.10. The molecule has 4 aromatic rings. The number of amides is 1. The number of benzene rings is 2. The zero-order valence-electron chi connectivity index (χ0n) is 18.6. The lowest BCUT2D eigenvalue weighted by Gasteiger charge is -2.13. The summed E-state index contributed by atoms with van der Waals surface area (Å²) in [6.45, 7) is 4.37. The van der Waals surface area contributed by atoms with Crippen LogP contribution >= 0.6 is 23.4 Å². The second kappa shape index (κ2) is 10.0. The van der Waals surface area contributed by atoms with E-state index in [1.807, 2.05) is 48.7 Å². The Morgan fingerprint density at radius 2 is 1.85 bits per heavy atom. The summed E-state index contributed by atoms with van der Waals surface area (Å²) < 4.78 is 3.30. The van der Waals surface area contributed by atoms with Crippen LogP contribution in [0.25, 0.3) is 11.4 Å². The predicted molar refractivity (Wildman–Crippen MR) is 134 cm³/mol. The molecule has 0 saturated carbocycles. The number of aromatic nitrogens is 4. The number of hydrogen-bond acceptors (Lipinski definition) is 6. The van der Waals surface area contributed by atoms with Gasteiger partial charge in [0.1, 0.15) is 11.9 Å². The molecule has 10 heteroatoms. The van der Waals surface area contributed by atoms with Crippen molar-refractivity contribution in [2.45, 2.75) is 25.5 Å². The molecule has 0 radical (unpaired) electrons. The minimum atomic E-state index is -0.274. The Morgan fingerprint density at radius 1 is 1.15 bits per heavy atom. The zero-order valence-corrected chi connectivity index (χ0v) is 20.2. The van der Waals surface area contributed by atoms with Crippen molar-refractivity contribution in [2.75, 3.05) is 16.9 Å². The minimum absolute atomic E-state index is 0.0510. The van der Waals surface area contributed by atoms with Gasteiger partial charge in [0.2, 0.25) is 11.1 Å². The topological polar surface area (TPSA) is 115 Å². The van der Waals surface area contributed by atoms with Crippen LogP contribution in [0.3, 0.4) is 0 Å². The Balaban J connectivity index is 1.50. The average Bonchev–Trinajstić information content (AvgIpc) is 3.31. The van der Waals surface area contributed by atoms with Crippen LogP contribution in [-0.4, -0.2) is 31.1 Å². The van der Waals surface area contributed by atoms with Crippen molar-refractivity contribution in [3.05, 3.63) is 82.0 Å². The van der Waals surface area contributed by atoms with Gasteiger partial charge in [0.05, 0.1) is 11.3 Å². The van der Waals surface area contributed by atoms with E-state index in [2.05, 4.69) is 21.6 Å². The third kappa shape index (κ3) is 4.78. The van der Waals surface area contributed by atoms with Gasteiger partial charge in [0.15, 0.2) is 5.82 Å². The number of rotatable bonds is 7. The van der Waals surface area contributed by atoms with Gasteiger partial charge in [0.25, 0.3) is 0 Å². The van der Waals surface area contributed by atoms with E-state index in [0.717, 1.165) is 34.1 Å². The molecule has 8 nitrogen and oxygen atoms in total. The molecule has 0 aliphatic rings. The number of nitrogens with two attached hydrogens (primary N) is 1. The van der Waals surface area contributed by atoms with Gasteiger partial charge in [-0.3, -0.25) is 4.79 Å². The average molecular weight is 492 g/mol. The second-order valence-electron chi connectivity index (χ2n) is 7.64. The monoisotopic (exact) mass is 491 g/mol. The Bertz CT molecular complexity index is 1370. The van der Waals surface area contributed by atoms with Crippen LogP contribution in [0.15, 0.2) is 59.8 Å². The summed E-state index contributed by atoms with van der Waals surface area (Å²) in [6.07, 6.45) is 0. The van der Waals surface area contributed by atoms with E-state index >= 15 is 0 Å². The van der Waals surface area contributed by atoms with E-state index in [0.29, 0.717) is 33.9 Å². The first-order valence-electron chi connectivity index (χ1n) is 10.4. The van der Waals surface area contributed by atoms with Gasteiger partial charge in [0, 0.05) is 22.8 Å². The molecule has 0 aliphatic carbocycles. The van der Waals surface area contributed by atoms with E-state index in [1.54, 1.807) is 24.3 Å². The number of nitrogens with zero attached hydrogens (tertiary/aromatic N) is 5. The van der Waals surface area contributed by atoms with Gasteiger partial charge >= 0.3 is 0 Å². The van der Waals surface area contributed by atoms with Gasteiger partial charge in [-0.15, -0.1) is 10.2 Å². The Morgan fingerprint density at radius 3 is 2.53 bits per heavy atom. The van der Waals surface area contributed by atoms with Crippen LogP contribution in [0.2, 0.25) is 5.02 Å². The Kier molecular flexibility index (Phi) is 6.91. The van der Waals surface area contributed by atoms with E-state index in [9.17, 15) is 10.1 Å². The molecule has 0 saturated heterocycles. The zero-order chi connectivity index (χ0) is 24.2. The number of nitrogen functional groups attached to an aromatic ring is 1. The summed E-state index contributed by atoms with van der Waals surface area (Å²) in [5.74, 6) is 6.88. The maximum atomic E-state index is 12.8. The molecule has 0 spiro atoms. The highest BCUT2D eigenvalue weighted by molar-refractivity contribution is 7.99. The van der Waals surface area contributed by atoms with E-state index in [-0.39, 0.29) is 11.7 Å². The number of carbonyl (C=O) groups is 1. The number of carbonyl (C=O) groups excluding carboxylic acids is 1. The molecule has 1 amide bonds. The summed E-state index contributed by atoms with van der Waals surface area (Å²) in [5.41, 5.74) is 4.06. The molecule has 0 unspecified atom stereocenters. The van der Waals surface area contributed by atoms with Crippen LogP contribution in [0.4, 0.5) is 5.82 Å². The molecule has 3 N–H and O–H groups in total. The molecule has 2 aromatic heterocycles. The third-order valence-corrected chi connectivity index (χ3v) is 6.68. The van der Waals surface area contributed by atoms with Gasteiger partial charge in [-0.05, 0) is 49.2 Å². The molecule has 0 fully saturated rings. The maximum absolute atomic E-state index is 12.8. The van der Waals surface area contributed by atoms with Gasteiger partial charge in [-0.1, -0.05) is 53.7 Å². The molecule has 0 atom stereocenters. The Hall–Kier alpha value is -3.74. The summed E-state index contributed by atoms with van der Waals surface area (Å²) in [5, 5.41) is 21.9. The van der Waals surface area contributed by atoms with Crippen LogP contribution in [-0.2, 0) is 11.3 Å². The van der Waals surface area contributed by atoms with Crippen LogP contribution in [0, 0.1) is 25.2 Å². The van der Waals surface area contributed by atoms with Gasteiger partial charge in [-0.2, -0.15) is 5.26 Å². The number of halogens is 1. The van der Waals surface area contributed by atoms with Crippen molar-refractivity contribution in [3.63, 3.8) is 0 Å². The summed E-state index contributed by atoms with van der Waals surface area (Å²) in [6, 6.07) is 19.2. The molecule has 0 aliphatic heterocycles. The molecular formula is C24H22ClN7OS. The van der Waals surface area contributed by atoms with E-state index in [4.69, 9.17) is 17.4 Å². The number of hydrogen-bond donors (Lipinski definition) is 2. The van der Waals surface area contributed by atoms with E-state index in [1.165, 1.54) is 4.68 Å². The quantitative estimate of drug-likeness (QED) is 0.293. The number of thioether (sulfide) groups is 1. The predicted octanol–water partition coefficient (Wildman–Crippen LogP) is 4.38. The SMILES string of the molecule is Cc1c(C#N)c(NC(=O)CSc2nnc(-c3ccc(Cl)cc3)n2N)n(Cc2ccccc2)c1C.